The van der Waals surface area contributed by atoms with Crippen molar-refractivity contribution in [3.8, 4) is 5.75 Å². The molecule has 18 heavy (non-hydrogen) atoms. The van der Waals surface area contributed by atoms with Gasteiger partial charge in [0, 0.05) is 26.2 Å². The number of ether oxygens (including phenoxy) is 1. The van der Waals surface area contributed by atoms with Gasteiger partial charge in [-0.2, -0.15) is 0 Å². The second-order valence-corrected chi connectivity index (χ2v) is 4.36. The van der Waals surface area contributed by atoms with Crippen molar-refractivity contribution < 1.29 is 9.53 Å². The second kappa shape index (κ2) is 5.73. The van der Waals surface area contributed by atoms with Gasteiger partial charge in [0.05, 0.1) is 19.3 Å². The highest BCUT2D eigenvalue weighted by Crippen LogP contribution is 2.28. The van der Waals surface area contributed by atoms with E-state index in [2.05, 4.69) is 4.90 Å². The molecule has 0 atom stereocenters. The summed E-state index contributed by atoms with van der Waals surface area (Å²) in [6.45, 7) is 3.56. The molecule has 1 aliphatic rings. The molecule has 0 aromatic heterocycles. The van der Waals surface area contributed by atoms with Crippen molar-refractivity contribution in [2.24, 2.45) is 0 Å². The molecule has 1 saturated heterocycles. The Bertz CT molecular complexity index is 414. The highest BCUT2D eigenvalue weighted by atomic mass is 16.5. The largest absolute Gasteiger partial charge is 0.495 e. The summed E-state index contributed by atoms with van der Waals surface area (Å²) in [6, 6.07) is 7.95. The fourth-order valence-corrected chi connectivity index (χ4v) is 2.24. The summed E-state index contributed by atoms with van der Waals surface area (Å²) in [6.07, 6.45) is 0. The van der Waals surface area contributed by atoms with Crippen molar-refractivity contribution in [2.45, 2.75) is 0 Å². The molecule has 1 amide bonds. The standard InChI is InChI=1S/C13H18N3O2/c1-18-12-5-3-2-4-11(12)16-8-6-15(7-9-16)10-13(14)17/h2-5,14H,6-10H2,1H3. The summed E-state index contributed by atoms with van der Waals surface area (Å²) in [5.74, 6) is 0.364. The van der Waals surface area contributed by atoms with E-state index in [1.165, 1.54) is 0 Å². The number of nitrogens with zero attached hydrogens (tertiary/aromatic N) is 2. The normalized spacial score (nSPS) is 16.6. The molecule has 1 N–H and O–H groups in total. The maximum Gasteiger partial charge on any atom is 0.252 e. The predicted molar refractivity (Wildman–Crippen MR) is 69.8 cm³/mol. The van der Waals surface area contributed by atoms with Crippen LogP contribution in [0.5, 0.6) is 5.75 Å². The van der Waals surface area contributed by atoms with Crippen LogP contribution in [-0.2, 0) is 4.79 Å². The van der Waals surface area contributed by atoms with Gasteiger partial charge in [-0.1, -0.05) is 12.1 Å². The third kappa shape index (κ3) is 2.92. The maximum absolute atomic E-state index is 10.8. The number of para-hydroxylation sites is 2. The SMILES string of the molecule is COc1ccccc1N1CCN(CC([NH])=O)CC1. The van der Waals surface area contributed by atoms with Crippen molar-refractivity contribution in [2.75, 3.05) is 44.7 Å². The Morgan fingerprint density at radius 3 is 2.56 bits per heavy atom. The van der Waals surface area contributed by atoms with Gasteiger partial charge in [0.1, 0.15) is 5.75 Å². The van der Waals surface area contributed by atoms with E-state index in [0.717, 1.165) is 37.6 Å². The minimum absolute atomic E-state index is 0.236. The van der Waals surface area contributed by atoms with E-state index in [9.17, 15) is 4.79 Å². The van der Waals surface area contributed by atoms with Crippen LogP contribution in [0, 0.1) is 0 Å². The molecule has 5 nitrogen and oxygen atoms in total. The van der Waals surface area contributed by atoms with Crippen molar-refractivity contribution in [1.82, 2.24) is 10.6 Å². The summed E-state index contributed by atoms with van der Waals surface area (Å²) in [5, 5.41) is 0. The molecule has 0 bridgehead atoms. The topological polar surface area (TPSA) is 56.6 Å². The number of anilines is 1. The number of carbonyl (C=O) groups is 1. The zero-order valence-electron chi connectivity index (χ0n) is 10.6. The third-order valence-electron chi connectivity index (χ3n) is 3.17. The van der Waals surface area contributed by atoms with E-state index in [1.807, 2.05) is 29.2 Å². The lowest BCUT2D eigenvalue weighted by molar-refractivity contribution is -0.119. The first-order valence-electron chi connectivity index (χ1n) is 6.05. The number of carbonyl (C=O) groups excluding carboxylic acids is 1. The number of piperazine rings is 1. The summed E-state index contributed by atoms with van der Waals surface area (Å²) in [5.41, 5.74) is 8.07. The first-order valence-corrected chi connectivity index (χ1v) is 6.05. The predicted octanol–water partition coefficient (Wildman–Crippen LogP) is 0.627. The number of amides is 1. The number of benzene rings is 1. The van der Waals surface area contributed by atoms with Crippen molar-refractivity contribution in [3.05, 3.63) is 24.3 Å². The molecule has 1 aromatic carbocycles. The van der Waals surface area contributed by atoms with Crippen molar-refractivity contribution in [1.29, 1.82) is 0 Å². The third-order valence-corrected chi connectivity index (χ3v) is 3.17. The van der Waals surface area contributed by atoms with Gasteiger partial charge in [-0.25, -0.2) is 0 Å². The fraction of sp³-hybridized carbons (Fsp3) is 0.462. The van der Waals surface area contributed by atoms with Gasteiger partial charge in [-0.15, -0.1) is 0 Å². The minimum atomic E-state index is -0.513. The van der Waals surface area contributed by atoms with Gasteiger partial charge in [0.25, 0.3) is 5.91 Å². The van der Waals surface area contributed by atoms with E-state index < -0.39 is 5.91 Å². The Morgan fingerprint density at radius 2 is 1.94 bits per heavy atom. The molecule has 1 aromatic rings. The molecule has 2 rings (SSSR count). The Hall–Kier alpha value is -1.75. The van der Waals surface area contributed by atoms with Crippen LogP contribution in [0.2, 0.25) is 0 Å². The van der Waals surface area contributed by atoms with E-state index in [0.29, 0.717) is 0 Å². The Kier molecular flexibility index (Phi) is 4.04. The number of methoxy groups -OCH3 is 1. The minimum Gasteiger partial charge on any atom is -0.495 e. The molecular weight excluding hydrogens is 230 g/mol. The van der Waals surface area contributed by atoms with Crippen molar-refractivity contribution >= 4 is 11.6 Å². The van der Waals surface area contributed by atoms with Crippen LogP contribution in [0.4, 0.5) is 5.69 Å². The molecule has 1 heterocycles. The lowest BCUT2D eigenvalue weighted by Crippen LogP contribution is -2.48. The average Bonchev–Trinajstić information content (AvgIpc) is 2.39. The Morgan fingerprint density at radius 1 is 1.28 bits per heavy atom. The van der Waals surface area contributed by atoms with E-state index >= 15 is 0 Å². The Labute approximate surface area is 107 Å². The summed E-state index contributed by atoms with van der Waals surface area (Å²) in [7, 11) is 1.67. The first-order chi connectivity index (χ1) is 8.70. The van der Waals surface area contributed by atoms with Crippen molar-refractivity contribution in [3.63, 3.8) is 0 Å². The molecule has 5 heteroatoms. The van der Waals surface area contributed by atoms with Crippen LogP contribution in [0.3, 0.4) is 0 Å². The van der Waals surface area contributed by atoms with Crippen LogP contribution in [-0.4, -0.2) is 50.6 Å². The molecule has 97 valence electrons. The smallest absolute Gasteiger partial charge is 0.252 e. The summed E-state index contributed by atoms with van der Waals surface area (Å²) < 4.78 is 5.35. The number of nitrogens with one attached hydrogen (secondary N) is 1. The van der Waals surface area contributed by atoms with E-state index in [1.54, 1.807) is 7.11 Å². The lowest BCUT2D eigenvalue weighted by Gasteiger charge is -2.35. The first kappa shape index (κ1) is 12.7. The zero-order valence-corrected chi connectivity index (χ0v) is 10.6. The van der Waals surface area contributed by atoms with Crippen LogP contribution >= 0.6 is 0 Å². The zero-order chi connectivity index (χ0) is 13.0. The van der Waals surface area contributed by atoms with Crippen LogP contribution in [0.25, 0.3) is 0 Å². The van der Waals surface area contributed by atoms with Crippen LogP contribution in [0.15, 0.2) is 24.3 Å². The van der Waals surface area contributed by atoms with Gasteiger partial charge in [-0.3, -0.25) is 15.4 Å². The van der Waals surface area contributed by atoms with Crippen LogP contribution < -0.4 is 15.4 Å². The monoisotopic (exact) mass is 248 g/mol. The maximum atomic E-state index is 10.8. The lowest BCUT2D eigenvalue weighted by atomic mass is 10.2. The number of rotatable bonds is 4. The summed E-state index contributed by atoms with van der Waals surface area (Å²) >= 11 is 0. The van der Waals surface area contributed by atoms with Gasteiger partial charge in [-0.05, 0) is 12.1 Å². The summed E-state index contributed by atoms with van der Waals surface area (Å²) in [4.78, 5) is 15.0. The van der Waals surface area contributed by atoms with E-state index in [-0.39, 0.29) is 6.54 Å². The number of hydrogen-bond donors (Lipinski definition) is 0. The quantitative estimate of drug-likeness (QED) is 0.784. The highest BCUT2D eigenvalue weighted by Gasteiger charge is 2.20. The highest BCUT2D eigenvalue weighted by molar-refractivity contribution is 5.75. The molecule has 0 saturated carbocycles. The molecule has 0 unspecified atom stereocenters. The Balaban J connectivity index is 1.99. The second-order valence-electron chi connectivity index (χ2n) is 4.36. The van der Waals surface area contributed by atoms with E-state index in [4.69, 9.17) is 10.5 Å². The molecule has 0 spiro atoms. The fourth-order valence-electron chi connectivity index (χ4n) is 2.24. The average molecular weight is 248 g/mol. The van der Waals surface area contributed by atoms with Crippen LogP contribution in [0.1, 0.15) is 0 Å². The molecule has 0 aliphatic carbocycles. The van der Waals surface area contributed by atoms with Gasteiger partial charge in [0.2, 0.25) is 0 Å². The molecule has 1 radical (unpaired) electrons. The molecule has 1 fully saturated rings. The van der Waals surface area contributed by atoms with Gasteiger partial charge in [0.15, 0.2) is 0 Å². The van der Waals surface area contributed by atoms with Gasteiger partial charge < -0.3 is 9.64 Å². The molecule has 1 aliphatic heterocycles. The van der Waals surface area contributed by atoms with Gasteiger partial charge >= 0.3 is 0 Å². The number of hydrogen-bond acceptors (Lipinski definition) is 4. The molecular formula is C13H18N3O2.